The zero-order valence-corrected chi connectivity index (χ0v) is 12.2. The predicted molar refractivity (Wildman–Crippen MR) is 74.7 cm³/mol. The van der Waals surface area contributed by atoms with Gasteiger partial charge in [-0.15, -0.1) is 0 Å². The number of ether oxygens (including phenoxy) is 1. The Balaban J connectivity index is 2.38. The zero-order chi connectivity index (χ0) is 15.2. The fraction of sp³-hybridized carbons (Fsp3) is 0.467. The SMILES string of the molecule is Cc1cc(F)ncc1C#CCCNC(=O)OC(C)(C)C. The second kappa shape index (κ2) is 6.90. The number of nitrogens with one attached hydrogen (secondary N) is 1. The minimum atomic E-state index is -0.514. The number of pyridine rings is 1. The van der Waals surface area contributed by atoms with Gasteiger partial charge in [-0.05, 0) is 39.3 Å². The van der Waals surface area contributed by atoms with Crippen LogP contribution >= 0.6 is 0 Å². The van der Waals surface area contributed by atoms with E-state index in [-0.39, 0.29) is 0 Å². The average Bonchev–Trinajstić information content (AvgIpc) is 2.28. The molecule has 0 aliphatic heterocycles. The monoisotopic (exact) mass is 278 g/mol. The van der Waals surface area contributed by atoms with Crippen molar-refractivity contribution < 1.29 is 13.9 Å². The van der Waals surface area contributed by atoms with Crippen LogP contribution in [0.15, 0.2) is 12.3 Å². The van der Waals surface area contributed by atoms with Gasteiger partial charge in [0.05, 0.1) is 0 Å². The minimum Gasteiger partial charge on any atom is -0.444 e. The van der Waals surface area contributed by atoms with Crippen LogP contribution in [0, 0.1) is 24.7 Å². The summed E-state index contributed by atoms with van der Waals surface area (Å²) >= 11 is 0. The van der Waals surface area contributed by atoms with Gasteiger partial charge in [0.1, 0.15) is 5.60 Å². The first-order valence-corrected chi connectivity index (χ1v) is 6.36. The van der Waals surface area contributed by atoms with Crippen LogP contribution in [-0.4, -0.2) is 23.2 Å². The van der Waals surface area contributed by atoms with E-state index in [1.54, 1.807) is 27.7 Å². The molecular formula is C15H19FN2O2. The molecule has 1 N–H and O–H groups in total. The maximum atomic E-state index is 12.8. The summed E-state index contributed by atoms with van der Waals surface area (Å²) in [6.07, 6.45) is 1.42. The van der Waals surface area contributed by atoms with Crippen LogP contribution in [0.1, 0.15) is 38.3 Å². The van der Waals surface area contributed by atoms with Crippen molar-refractivity contribution >= 4 is 6.09 Å². The molecule has 108 valence electrons. The first kappa shape index (κ1) is 16.0. The highest BCUT2D eigenvalue weighted by Crippen LogP contribution is 2.06. The van der Waals surface area contributed by atoms with E-state index in [0.29, 0.717) is 18.5 Å². The van der Waals surface area contributed by atoms with Crippen molar-refractivity contribution in [1.29, 1.82) is 0 Å². The van der Waals surface area contributed by atoms with Crippen LogP contribution < -0.4 is 5.32 Å². The van der Waals surface area contributed by atoms with Gasteiger partial charge in [0, 0.05) is 24.7 Å². The molecule has 0 saturated carbocycles. The molecular weight excluding hydrogens is 259 g/mol. The molecule has 0 unspecified atom stereocenters. The number of aromatic nitrogens is 1. The molecule has 5 heteroatoms. The summed E-state index contributed by atoms with van der Waals surface area (Å²) in [4.78, 5) is 14.9. The number of nitrogens with zero attached hydrogens (tertiary/aromatic N) is 1. The van der Waals surface area contributed by atoms with Crippen molar-refractivity contribution in [2.24, 2.45) is 0 Å². The molecule has 1 aromatic rings. The first-order valence-electron chi connectivity index (χ1n) is 6.36. The lowest BCUT2D eigenvalue weighted by molar-refractivity contribution is 0.0529. The molecule has 0 aromatic carbocycles. The van der Waals surface area contributed by atoms with Crippen molar-refractivity contribution in [3.8, 4) is 11.8 Å². The van der Waals surface area contributed by atoms with Gasteiger partial charge in [0.15, 0.2) is 0 Å². The molecule has 1 heterocycles. The van der Waals surface area contributed by atoms with Gasteiger partial charge in [-0.25, -0.2) is 9.78 Å². The van der Waals surface area contributed by atoms with Gasteiger partial charge in [0.2, 0.25) is 5.95 Å². The molecule has 1 aromatic heterocycles. The lowest BCUT2D eigenvalue weighted by atomic mass is 10.1. The maximum absolute atomic E-state index is 12.8. The minimum absolute atomic E-state index is 0.398. The quantitative estimate of drug-likeness (QED) is 0.514. The zero-order valence-electron chi connectivity index (χ0n) is 12.2. The second-order valence-electron chi connectivity index (χ2n) is 5.30. The molecule has 4 nitrogen and oxygen atoms in total. The Morgan fingerprint density at radius 1 is 1.50 bits per heavy atom. The van der Waals surface area contributed by atoms with Crippen LogP contribution in [-0.2, 0) is 4.74 Å². The Bertz CT molecular complexity index is 539. The normalized spacial score (nSPS) is 10.4. The smallest absolute Gasteiger partial charge is 0.407 e. The van der Waals surface area contributed by atoms with E-state index in [1.807, 2.05) is 0 Å². The number of halogens is 1. The molecule has 0 fully saturated rings. The van der Waals surface area contributed by atoms with Gasteiger partial charge in [-0.1, -0.05) is 11.8 Å². The van der Waals surface area contributed by atoms with Crippen LogP contribution in [0.5, 0.6) is 0 Å². The van der Waals surface area contributed by atoms with E-state index < -0.39 is 17.6 Å². The lowest BCUT2D eigenvalue weighted by Crippen LogP contribution is -2.32. The van der Waals surface area contributed by atoms with E-state index >= 15 is 0 Å². The number of carbonyl (C=O) groups is 1. The number of hydrogen-bond donors (Lipinski definition) is 1. The summed E-state index contributed by atoms with van der Waals surface area (Å²) in [5, 5.41) is 2.61. The number of carbonyl (C=O) groups excluding carboxylic acids is 1. The molecule has 1 amide bonds. The number of aryl methyl sites for hydroxylation is 1. The summed E-state index contributed by atoms with van der Waals surface area (Å²) in [7, 11) is 0. The molecule has 0 spiro atoms. The van der Waals surface area contributed by atoms with Gasteiger partial charge >= 0.3 is 6.09 Å². The molecule has 0 aliphatic rings. The molecule has 0 aliphatic carbocycles. The van der Waals surface area contributed by atoms with E-state index in [1.165, 1.54) is 12.3 Å². The molecule has 0 saturated heterocycles. The highest BCUT2D eigenvalue weighted by Gasteiger charge is 2.15. The van der Waals surface area contributed by atoms with Gasteiger partial charge in [-0.2, -0.15) is 4.39 Å². The summed E-state index contributed by atoms with van der Waals surface area (Å²) in [6.45, 7) is 7.58. The fourth-order valence-electron chi connectivity index (χ4n) is 1.35. The molecule has 0 radical (unpaired) electrons. The summed E-state index contributed by atoms with van der Waals surface area (Å²) in [5.74, 6) is 5.27. The number of hydrogen-bond acceptors (Lipinski definition) is 3. The van der Waals surface area contributed by atoms with Crippen molar-refractivity contribution in [1.82, 2.24) is 10.3 Å². The maximum Gasteiger partial charge on any atom is 0.407 e. The van der Waals surface area contributed by atoms with Crippen LogP contribution in [0.3, 0.4) is 0 Å². The summed E-state index contributed by atoms with van der Waals surface area (Å²) < 4.78 is 17.9. The molecule has 0 bridgehead atoms. The van der Waals surface area contributed by atoms with E-state index in [0.717, 1.165) is 5.56 Å². The van der Waals surface area contributed by atoms with Crippen molar-refractivity contribution in [2.75, 3.05) is 6.54 Å². The third-order valence-corrected chi connectivity index (χ3v) is 2.22. The van der Waals surface area contributed by atoms with Crippen LogP contribution in [0.2, 0.25) is 0 Å². The fourth-order valence-corrected chi connectivity index (χ4v) is 1.35. The molecule has 1 rings (SSSR count). The Morgan fingerprint density at radius 3 is 2.80 bits per heavy atom. The number of alkyl carbamates (subject to hydrolysis) is 1. The lowest BCUT2D eigenvalue weighted by Gasteiger charge is -2.19. The van der Waals surface area contributed by atoms with Gasteiger partial charge in [-0.3, -0.25) is 0 Å². The average molecular weight is 278 g/mol. The van der Waals surface area contributed by atoms with Crippen molar-refractivity contribution in [2.45, 2.75) is 39.7 Å². The van der Waals surface area contributed by atoms with E-state index in [4.69, 9.17) is 4.74 Å². The number of rotatable bonds is 2. The Morgan fingerprint density at radius 2 is 2.20 bits per heavy atom. The standard InChI is InChI=1S/C15H19FN2O2/c1-11-9-13(16)18-10-12(11)7-5-6-8-17-14(19)20-15(2,3)4/h9-10H,6,8H2,1-4H3,(H,17,19). The summed E-state index contributed by atoms with van der Waals surface area (Å²) in [6, 6.07) is 1.34. The van der Waals surface area contributed by atoms with Gasteiger partial charge < -0.3 is 10.1 Å². The number of amides is 1. The third kappa shape index (κ3) is 6.19. The van der Waals surface area contributed by atoms with E-state index in [2.05, 4.69) is 22.1 Å². The molecule has 0 atom stereocenters. The highest BCUT2D eigenvalue weighted by molar-refractivity contribution is 5.67. The molecule has 20 heavy (non-hydrogen) atoms. The van der Waals surface area contributed by atoms with Gasteiger partial charge in [0.25, 0.3) is 0 Å². The second-order valence-corrected chi connectivity index (χ2v) is 5.30. The Kier molecular flexibility index (Phi) is 5.51. The third-order valence-electron chi connectivity index (χ3n) is 2.22. The Labute approximate surface area is 118 Å². The van der Waals surface area contributed by atoms with Crippen LogP contribution in [0.4, 0.5) is 9.18 Å². The largest absolute Gasteiger partial charge is 0.444 e. The Hall–Kier alpha value is -2.09. The highest BCUT2D eigenvalue weighted by atomic mass is 19.1. The van der Waals surface area contributed by atoms with Crippen molar-refractivity contribution in [3.63, 3.8) is 0 Å². The van der Waals surface area contributed by atoms with E-state index in [9.17, 15) is 9.18 Å². The predicted octanol–water partition coefficient (Wildman–Crippen LogP) is 2.80. The first-order chi connectivity index (χ1) is 9.28. The van der Waals surface area contributed by atoms with Crippen LogP contribution in [0.25, 0.3) is 0 Å². The topological polar surface area (TPSA) is 51.2 Å². The van der Waals surface area contributed by atoms with Crippen molar-refractivity contribution in [3.05, 3.63) is 29.3 Å². The summed E-state index contributed by atoms with van der Waals surface area (Å²) in [5.41, 5.74) is 0.917.